The molecule has 214 valence electrons. The number of amides is 1. The molecule has 0 unspecified atom stereocenters. The number of carbonyl (C=O) groups excluding carboxylic acids is 1. The van der Waals surface area contributed by atoms with E-state index in [2.05, 4.69) is 65.3 Å². The molecule has 0 bridgehead atoms. The fourth-order valence-corrected chi connectivity index (χ4v) is 9.81. The number of allylic oxidation sites excluding steroid dienone is 1. The van der Waals surface area contributed by atoms with Crippen LogP contribution in [0.1, 0.15) is 31.1 Å². The molecule has 8 nitrogen and oxygen atoms in total. The summed E-state index contributed by atoms with van der Waals surface area (Å²) in [5.74, 6) is 0.0735. The van der Waals surface area contributed by atoms with E-state index in [4.69, 9.17) is 4.43 Å². The van der Waals surface area contributed by atoms with Gasteiger partial charge in [0.05, 0.1) is 19.0 Å². The molecule has 0 aliphatic carbocycles. The topological polar surface area (TPSA) is 102 Å². The number of hydrogen-bond acceptors (Lipinski definition) is 6. The van der Waals surface area contributed by atoms with Crippen LogP contribution in [0, 0.1) is 0 Å². The monoisotopic (exact) mass is 577 g/mol. The number of hydrogen-bond donors (Lipinski definition) is 2. The fourth-order valence-electron chi connectivity index (χ4n) is 5.23. The minimum atomic E-state index is -2.75. The Bertz CT molecular complexity index is 1610. The molecular weight excluding hydrogens is 542 g/mol. The summed E-state index contributed by atoms with van der Waals surface area (Å²) in [6.07, 6.45) is 5.84. The van der Waals surface area contributed by atoms with Crippen LogP contribution in [0.4, 0.5) is 5.82 Å². The summed E-state index contributed by atoms with van der Waals surface area (Å²) in [6, 6.07) is 29.7. The third-order valence-electron chi connectivity index (χ3n) is 7.22. The van der Waals surface area contributed by atoms with Crippen LogP contribution in [0.5, 0.6) is 0 Å². The molecule has 0 aliphatic rings. The van der Waals surface area contributed by atoms with Crippen LogP contribution in [0.25, 0.3) is 11.2 Å². The average molecular weight is 578 g/mol. The first-order chi connectivity index (χ1) is 20.3. The first kappa shape index (κ1) is 29.1. The van der Waals surface area contributed by atoms with E-state index in [9.17, 15) is 9.90 Å². The Kier molecular flexibility index (Phi) is 8.72. The molecule has 9 heteroatoms. The van der Waals surface area contributed by atoms with Gasteiger partial charge in [0.15, 0.2) is 17.0 Å². The lowest BCUT2D eigenvalue weighted by Gasteiger charge is -2.43. The van der Waals surface area contributed by atoms with Crippen molar-refractivity contribution in [2.45, 2.75) is 38.5 Å². The lowest BCUT2D eigenvalue weighted by molar-refractivity contribution is 0.102. The van der Waals surface area contributed by atoms with E-state index in [1.54, 1.807) is 36.7 Å². The van der Waals surface area contributed by atoms with Crippen molar-refractivity contribution in [3.05, 3.63) is 121 Å². The van der Waals surface area contributed by atoms with Gasteiger partial charge >= 0.3 is 0 Å². The summed E-state index contributed by atoms with van der Waals surface area (Å²) in [7, 11) is -2.75. The molecule has 0 saturated heterocycles. The number of aliphatic hydroxyl groups excluding tert-OH is 1. The van der Waals surface area contributed by atoms with Crippen LogP contribution in [0.15, 0.2) is 116 Å². The lowest BCUT2D eigenvalue weighted by atomic mass is 10.2. The molecule has 5 rings (SSSR count). The van der Waals surface area contributed by atoms with E-state index >= 15 is 0 Å². The van der Waals surface area contributed by atoms with Crippen LogP contribution in [-0.4, -0.2) is 51.6 Å². The number of nitrogens with one attached hydrogen (secondary N) is 1. The highest BCUT2D eigenvalue weighted by Gasteiger charge is 2.50. The first-order valence-electron chi connectivity index (χ1n) is 13.9. The van der Waals surface area contributed by atoms with E-state index in [0.717, 1.165) is 0 Å². The molecule has 0 spiro atoms. The van der Waals surface area contributed by atoms with E-state index in [0.29, 0.717) is 29.1 Å². The Morgan fingerprint density at radius 2 is 1.52 bits per heavy atom. The summed E-state index contributed by atoms with van der Waals surface area (Å²) in [5.41, 5.74) is 1.60. The summed E-state index contributed by atoms with van der Waals surface area (Å²) >= 11 is 0. The van der Waals surface area contributed by atoms with E-state index in [-0.39, 0.29) is 17.6 Å². The highest BCUT2D eigenvalue weighted by atomic mass is 28.4. The van der Waals surface area contributed by atoms with Gasteiger partial charge in [-0.3, -0.25) is 4.79 Å². The Labute approximate surface area is 246 Å². The molecular formula is C33H35N5O3Si. The third kappa shape index (κ3) is 6.08. The van der Waals surface area contributed by atoms with Crippen molar-refractivity contribution < 1.29 is 14.3 Å². The number of carbonyl (C=O) groups is 1. The molecule has 2 heterocycles. The number of benzene rings is 3. The number of rotatable bonds is 10. The second-order valence-electron chi connectivity index (χ2n) is 11.1. The van der Waals surface area contributed by atoms with Crippen molar-refractivity contribution in [2.75, 3.05) is 11.9 Å². The Morgan fingerprint density at radius 3 is 2.12 bits per heavy atom. The summed E-state index contributed by atoms with van der Waals surface area (Å²) in [5, 5.41) is 16.0. The van der Waals surface area contributed by atoms with Crippen LogP contribution < -0.4 is 15.7 Å². The zero-order valence-electron chi connectivity index (χ0n) is 24.0. The van der Waals surface area contributed by atoms with Gasteiger partial charge in [-0.2, -0.15) is 0 Å². The summed E-state index contributed by atoms with van der Waals surface area (Å²) in [6.45, 7) is 7.22. The summed E-state index contributed by atoms with van der Waals surface area (Å²) in [4.78, 5) is 25.7. The first-order valence-corrected chi connectivity index (χ1v) is 15.8. The number of nitrogens with zero attached hydrogens (tertiary/aromatic N) is 4. The molecule has 1 amide bonds. The van der Waals surface area contributed by atoms with Gasteiger partial charge in [0.2, 0.25) is 0 Å². The molecule has 42 heavy (non-hydrogen) atoms. The highest BCUT2D eigenvalue weighted by Crippen LogP contribution is 2.36. The number of aliphatic hydroxyl groups is 1. The Hall–Kier alpha value is -4.44. The van der Waals surface area contributed by atoms with E-state index < -0.39 is 14.4 Å². The van der Waals surface area contributed by atoms with Gasteiger partial charge in [0.1, 0.15) is 6.33 Å². The standard InChI is InChI=1S/C33H35N5O3Si/c1-33(2,3)42(27-17-9-5-10-18-27,28-19-11-6-12-20-28)41-22-26(39)16-13-21-38-24-36-29-30(34-23-35-31(29)38)37-32(40)25-14-7-4-8-15-25/h4-20,23-24,26,39H,21-22H2,1-3H3,(H,34,35,37,40)/b16-13-/t26-/m1/s1. The number of anilines is 1. The smallest absolute Gasteiger partial charge is 0.261 e. The zero-order valence-corrected chi connectivity index (χ0v) is 25.0. The predicted octanol–water partition coefficient (Wildman–Crippen LogP) is 4.57. The molecule has 2 N–H and O–H groups in total. The molecule has 3 aromatic carbocycles. The maximum absolute atomic E-state index is 12.6. The average Bonchev–Trinajstić information content (AvgIpc) is 3.42. The normalized spacial score (nSPS) is 13.0. The quantitative estimate of drug-likeness (QED) is 0.186. The molecule has 2 aromatic heterocycles. The van der Waals surface area contributed by atoms with Gasteiger partial charge in [0, 0.05) is 12.1 Å². The maximum Gasteiger partial charge on any atom is 0.261 e. The Balaban J connectivity index is 1.30. The van der Waals surface area contributed by atoms with Gasteiger partial charge in [-0.1, -0.05) is 112 Å². The van der Waals surface area contributed by atoms with Gasteiger partial charge in [0.25, 0.3) is 14.2 Å². The van der Waals surface area contributed by atoms with Gasteiger partial charge in [-0.25, -0.2) is 15.0 Å². The zero-order chi connectivity index (χ0) is 29.6. The van der Waals surface area contributed by atoms with E-state index in [1.807, 2.05) is 53.1 Å². The number of fused-ring (bicyclic) bond motifs is 1. The van der Waals surface area contributed by atoms with Crippen molar-refractivity contribution >= 4 is 41.6 Å². The number of imidazole rings is 1. The fraction of sp³-hybridized carbons (Fsp3) is 0.212. The Morgan fingerprint density at radius 1 is 0.929 bits per heavy atom. The lowest BCUT2D eigenvalue weighted by Crippen LogP contribution is -2.67. The van der Waals surface area contributed by atoms with Crippen LogP contribution in [-0.2, 0) is 11.0 Å². The summed E-state index contributed by atoms with van der Waals surface area (Å²) < 4.78 is 8.67. The minimum absolute atomic E-state index is 0.159. The van der Waals surface area contributed by atoms with Crippen molar-refractivity contribution in [1.82, 2.24) is 19.5 Å². The largest absolute Gasteiger partial charge is 0.404 e. The molecule has 0 fully saturated rings. The molecule has 0 aliphatic heterocycles. The van der Waals surface area contributed by atoms with Crippen molar-refractivity contribution in [1.29, 1.82) is 0 Å². The van der Waals surface area contributed by atoms with Gasteiger partial charge in [-0.15, -0.1) is 0 Å². The maximum atomic E-state index is 12.6. The SMILES string of the molecule is CC(C)(C)[Si](OC[C@H](O)/C=C\Cn1cnc2c(NC(=O)c3ccccc3)ncnc21)(c1ccccc1)c1ccccc1. The van der Waals surface area contributed by atoms with Gasteiger partial charge < -0.3 is 19.4 Å². The van der Waals surface area contributed by atoms with Crippen LogP contribution in [0.3, 0.4) is 0 Å². The van der Waals surface area contributed by atoms with E-state index in [1.165, 1.54) is 16.7 Å². The van der Waals surface area contributed by atoms with Crippen molar-refractivity contribution in [3.8, 4) is 0 Å². The minimum Gasteiger partial charge on any atom is -0.404 e. The van der Waals surface area contributed by atoms with Crippen molar-refractivity contribution in [3.63, 3.8) is 0 Å². The second-order valence-corrected chi connectivity index (χ2v) is 15.4. The molecule has 1 atom stereocenters. The van der Waals surface area contributed by atoms with Crippen LogP contribution >= 0.6 is 0 Å². The molecule has 0 saturated carbocycles. The van der Waals surface area contributed by atoms with Crippen LogP contribution in [0.2, 0.25) is 5.04 Å². The second kappa shape index (κ2) is 12.6. The third-order valence-corrected chi connectivity index (χ3v) is 12.2. The number of aromatic nitrogens is 4. The highest BCUT2D eigenvalue weighted by molar-refractivity contribution is 6.99. The molecule has 5 aromatic rings. The van der Waals surface area contributed by atoms with Gasteiger partial charge in [-0.05, 0) is 27.5 Å². The van der Waals surface area contributed by atoms with Crippen molar-refractivity contribution in [2.24, 2.45) is 0 Å². The molecule has 0 radical (unpaired) electrons. The predicted molar refractivity (Wildman–Crippen MR) is 168 cm³/mol.